The fourth-order valence-corrected chi connectivity index (χ4v) is 2.02. The molecule has 0 amide bonds. The Kier molecular flexibility index (Phi) is 8.73. The van der Waals surface area contributed by atoms with E-state index in [0.717, 1.165) is 13.0 Å². The molecule has 0 aromatic carbocycles. The molecular weight excluding hydrogens is 244 g/mol. The highest BCUT2D eigenvalue weighted by Gasteiger charge is 2.27. The third-order valence-electron chi connectivity index (χ3n) is 1.97. The molecule has 0 aromatic heterocycles. The van der Waals surface area contributed by atoms with E-state index in [1.165, 1.54) is 0 Å². The van der Waals surface area contributed by atoms with Gasteiger partial charge in [-0.25, -0.2) is 0 Å². The normalized spacial score (nSPS) is 15.9. The lowest BCUT2D eigenvalue weighted by Gasteiger charge is -2.10. The van der Waals surface area contributed by atoms with Gasteiger partial charge in [-0.15, -0.1) is 0 Å². The monoisotopic (exact) mass is 264 g/mol. The highest BCUT2D eigenvalue weighted by molar-refractivity contribution is 8.93. The minimum Gasteiger partial charge on any atom is -0.386 e. The van der Waals surface area contributed by atoms with Gasteiger partial charge in [-0.3, -0.25) is 10.2 Å². The Morgan fingerprint density at radius 2 is 2.06 bits per heavy atom. The van der Waals surface area contributed by atoms with Crippen LogP contribution >= 0.6 is 21.6 Å². The highest BCUT2D eigenvalue weighted by atomic mass is 33.2. The molecule has 1 heterocycles. The Balaban J connectivity index is 0.000000315. The fourth-order valence-electron chi connectivity index (χ4n) is 0.971. The fraction of sp³-hybridized carbons (Fsp3) is 0.778. The predicted molar refractivity (Wildman–Crippen MR) is 73.0 cm³/mol. The summed E-state index contributed by atoms with van der Waals surface area (Å²) in [6.45, 7) is 2.49. The lowest BCUT2D eigenvalue weighted by molar-refractivity contribution is -0.118. The molecule has 0 bridgehead atoms. The molecule has 0 unspecified atom stereocenters. The van der Waals surface area contributed by atoms with Crippen LogP contribution in [0.5, 0.6) is 0 Å². The van der Waals surface area contributed by atoms with Crippen LogP contribution in [0.25, 0.3) is 0 Å². The van der Waals surface area contributed by atoms with Crippen molar-refractivity contribution in [1.29, 1.82) is 5.41 Å². The number of ketones is 1. The van der Waals surface area contributed by atoms with Gasteiger partial charge in [0.25, 0.3) is 0 Å². The van der Waals surface area contributed by atoms with Gasteiger partial charge >= 0.3 is 0 Å². The number of hydrogen-bond acceptors (Lipinski definition) is 6. The van der Waals surface area contributed by atoms with Gasteiger partial charge < -0.3 is 16.4 Å². The van der Waals surface area contributed by atoms with E-state index in [1.807, 2.05) is 14.1 Å². The molecule has 16 heavy (non-hydrogen) atoms. The molecule has 1 rings (SSSR count). The number of nitrogens with two attached hydrogens (primary N) is 1. The molecule has 94 valence electrons. The largest absolute Gasteiger partial charge is 0.386 e. The second-order valence-corrected chi connectivity index (χ2v) is 6.10. The Bertz CT molecular complexity index is 234. The molecule has 0 aromatic rings. The van der Waals surface area contributed by atoms with Crippen molar-refractivity contribution in [2.45, 2.75) is 24.0 Å². The van der Waals surface area contributed by atoms with Gasteiger partial charge in [-0.05, 0) is 34.0 Å². The number of carbonyl (C=O) groups excluding carboxylic acids is 1. The Morgan fingerprint density at radius 1 is 1.50 bits per heavy atom. The highest BCUT2D eigenvalue weighted by Crippen LogP contribution is 2.52. The number of Topliss-reactive ketones (excluding diaryl/α,β-unsaturated/α-hetero) is 1. The van der Waals surface area contributed by atoms with Gasteiger partial charge in [0, 0.05) is 0 Å². The molecule has 0 radical (unpaired) electrons. The van der Waals surface area contributed by atoms with Crippen LogP contribution in [-0.4, -0.2) is 42.9 Å². The summed E-state index contributed by atoms with van der Waals surface area (Å²) in [6.07, 6.45) is 0.863. The van der Waals surface area contributed by atoms with Crippen LogP contribution in [0, 0.1) is 5.41 Å². The minimum atomic E-state index is 0.0208. The standard InChI is InChI=1S/C7H16N2O.C2H4N2S2/c1-6(10)7(9-3)4-5-8-2;3-1(4)2-5-6-2/h7-9H,4-5H2,1-3H3;2H,(H3,3,4)/t7-;/m0./s1. The first-order valence-corrected chi connectivity index (χ1v) is 7.28. The predicted octanol–water partition coefficient (Wildman–Crippen LogP) is 0.416. The molecule has 1 saturated heterocycles. The average Bonchev–Trinajstić information content (AvgIpc) is 3.02. The number of rotatable bonds is 6. The van der Waals surface area contributed by atoms with Crippen LogP contribution in [-0.2, 0) is 4.79 Å². The number of carbonyl (C=O) groups is 1. The first-order chi connectivity index (χ1) is 7.52. The van der Waals surface area contributed by atoms with Crippen molar-refractivity contribution in [3.63, 3.8) is 0 Å². The van der Waals surface area contributed by atoms with E-state index in [2.05, 4.69) is 10.6 Å². The molecule has 5 N–H and O–H groups in total. The van der Waals surface area contributed by atoms with Crippen molar-refractivity contribution in [1.82, 2.24) is 10.6 Å². The SMILES string of the molecule is CNCC[C@H](NC)C(C)=O.N=C(N)C1SS1. The smallest absolute Gasteiger partial charge is 0.146 e. The number of amidine groups is 1. The maximum Gasteiger partial charge on any atom is 0.146 e. The van der Waals surface area contributed by atoms with E-state index in [1.54, 1.807) is 28.5 Å². The summed E-state index contributed by atoms with van der Waals surface area (Å²) in [5.74, 6) is 0.503. The van der Waals surface area contributed by atoms with E-state index in [4.69, 9.17) is 11.1 Å². The summed E-state index contributed by atoms with van der Waals surface area (Å²) >= 11 is 0. The molecule has 0 spiro atoms. The van der Waals surface area contributed by atoms with Crippen LogP contribution < -0.4 is 16.4 Å². The Morgan fingerprint density at radius 3 is 2.25 bits per heavy atom. The summed E-state index contributed by atoms with van der Waals surface area (Å²) in [5, 5.41) is 12.7. The van der Waals surface area contributed by atoms with Crippen LogP contribution in [0.1, 0.15) is 13.3 Å². The molecule has 1 atom stereocenters. The molecule has 0 aliphatic carbocycles. The zero-order valence-corrected chi connectivity index (χ0v) is 11.5. The van der Waals surface area contributed by atoms with E-state index in [-0.39, 0.29) is 11.8 Å². The lowest BCUT2D eigenvalue weighted by Crippen LogP contribution is -2.34. The minimum absolute atomic E-state index is 0.0208. The van der Waals surface area contributed by atoms with Crippen molar-refractivity contribution >= 4 is 33.2 Å². The van der Waals surface area contributed by atoms with Crippen molar-refractivity contribution in [2.75, 3.05) is 20.6 Å². The topological polar surface area (TPSA) is 91.0 Å². The zero-order valence-electron chi connectivity index (χ0n) is 9.87. The van der Waals surface area contributed by atoms with Crippen molar-refractivity contribution in [3.05, 3.63) is 0 Å². The summed E-state index contributed by atoms with van der Waals surface area (Å²) in [4.78, 5) is 10.8. The maximum absolute atomic E-state index is 10.8. The molecular formula is C9H20N4OS2. The van der Waals surface area contributed by atoms with E-state index >= 15 is 0 Å². The van der Waals surface area contributed by atoms with Crippen molar-refractivity contribution in [2.24, 2.45) is 5.73 Å². The van der Waals surface area contributed by atoms with Gasteiger partial charge in [-0.2, -0.15) is 0 Å². The number of likely N-dealkylation sites (N-methyl/N-ethyl adjacent to an activating group) is 1. The van der Waals surface area contributed by atoms with Crippen LogP contribution in [0.3, 0.4) is 0 Å². The van der Waals surface area contributed by atoms with E-state index < -0.39 is 0 Å². The molecule has 7 heteroatoms. The summed E-state index contributed by atoms with van der Waals surface area (Å²) in [7, 11) is 6.98. The van der Waals surface area contributed by atoms with E-state index in [0.29, 0.717) is 10.4 Å². The molecule has 1 aliphatic heterocycles. The van der Waals surface area contributed by atoms with Crippen LogP contribution in [0.15, 0.2) is 0 Å². The van der Waals surface area contributed by atoms with Gasteiger partial charge in [-0.1, -0.05) is 21.6 Å². The molecule has 0 saturated carbocycles. The molecule has 5 nitrogen and oxygen atoms in total. The maximum atomic E-state index is 10.8. The molecule has 1 fully saturated rings. The summed E-state index contributed by atoms with van der Waals surface area (Å²) in [5.41, 5.74) is 5.04. The average molecular weight is 264 g/mol. The Labute approximate surface area is 105 Å². The quantitative estimate of drug-likeness (QED) is 0.240. The van der Waals surface area contributed by atoms with E-state index in [9.17, 15) is 4.79 Å². The van der Waals surface area contributed by atoms with Crippen molar-refractivity contribution < 1.29 is 4.79 Å². The van der Waals surface area contributed by atoms with Gasteiger partial charge in [0.2, 0.25) is 0 Å². The Hall–Kier alpha value is -0.240. The van der Waals surface area contributed by atoms with Gasteiger partial charge in [0.1, 0.15) is 16.2 Å². The molecule has 1 aliphatic rings. The first-order valence-electron chi connectivity index (χ1n) is 5.01. The second kappa shape index (κ2) is 8.86. The first kappa shape index (κ1) is 15.8. The van der Waals surface area contributed by atoms with Gasteiger partial charge in [0.05, 0.1) is 6.04 Å². The second-order valence-electron chi connectivity index (χ2n) is 3.32. The third-order valence-corrected chi connectivity index (χ3v) is 4.02. The third kappa shape index (κ3) is 7.98. The van der Waals surface area contributed by atoms with Crippen LogP contribution in [0.2, 0.25) is 0 Å². The zero-order chi connectivity index (χ0) is 12.6. The summed E-state index contributed by atoms with van der Waals surface area (Å²) < 4.78 is 0.296. The summed E-state index contributed by atoms with van der Waals surface area (Å²) in [6, 6.07) is 0.0208. The van der Waals surface area contributed by atoms with Crippen molar-refractivity contribution in [3.8, 4) is 0 Å². The van der Waals surface area contributed by atoms with Gasteiger partial charge in [0.15, 0.2) is 0 Å². The lowest BCUT2D eigenvalue weighted by atomic mass is 10.1. The number of nitrogens with one attached hydrogen (secondary N) is 3. The van der Waals surface area contributed by atoms with Crippen LogP contribution in [0.4, 0.5) is 0 Å². The number of hydrogen-bond donors (Lipinski definition) is 4.